The number of nitriles is 1. The molecule has 0 saturated heterocycles. The monoisotopic (exact) mass is 394 g/mol. The smallest absolute Gasteiger partial charge is 0.342 e. The Balaban J connectivity index is 2.06. The van der Waals surface area contributed by atoms with E-state index in [1.807, 2.05) is 33.8 Å². The molecule has 0 aliphatic heterocycles. The third-order valence-electron chi connectivity index (χ3n) is 4.53. The van der Waals surface area contributed by atoms with Crippen molar-refractivity contribution in [2.45, 2.75) is 46.0 Å². The van der Waals surface area contributed by atoms with Gasteiger partial charge in [0.15, 0.2) is 6.61 Å². The number of anilines is 1. The molecule has 2 N–H and O–H groups in total. The van der Waals surface area contributed by atoms with E-state index in [1.165, 1.54) is 0 Å². The molecule has 2 aromatic carbocycles. The number of ether oxygens (including phenoxy) is 1. The number of aromatic hydroxyl groups is 1. The summed E-state index contributed by atoms with van der Waals surface area (Å²) in [6.45, 7) is 7.40. The van der Waals surface area contributed by atoms with E-state index in [1.54, 1.807) is 30.3 Å². The molecule has 6 nitrogen and oxygen atoms in total. The number of rotatable bonds is 7. The van der Waals surface area contributed by atoms with E-state index in [0.29, 0.717) is 17.7 Å². The third kappa shape index (κ3) is 5.82. The summed E-state index contributed by atoms with van der Waals surface area (Å²) in [5.41, 5.74) is 3.04. The van der Waals surface area contributed by atoms with Crippen LogP contribution in [0.4, 0.5) is 5.69 Å². The predicted molar refractivity (Wildman–Crippen MR) is 111 cm³/mol. The summed E-state index contributed by atoms with van der Waals surface area (Å²) in [7, 11) is 0. The molecule has 0 unspecified atom stereocenters. The lowest BCUT2D eigenvalue weighted by atomic mass is 9.92. The Bertz CT molecular complexity index is 925. The molecule has 0 spiro atoms. The third-order valence-corrected chi connectivity index (χ3v) is 4.53. The Hall–Kier alpha value is -3.33. The van der Waals surface area contributed by atoms with Gasteiger partial charge < -0.3 is 15.2 Å². The van der Waals surface area contributed by atoms with Crippen molar-refractivity contribution in [3.05, 3.63) is 58.7 Å². The number of phenolic OH excluding ortho intramolecular Hbond substituents is 1. The quantitative estimate of drug-likeness (QED) is 0.674. The minimum atomic E-state index is -0.744. The van der Waals surface area contributed by atoms with E-state index in [0.717, 1.165) is 11.1 Å². The molecule has 0 aliphatic rings. The Morgan fingerprint density at radius 3 is 2.31 bits per heavy atom. The first kappa shape index (κ1) is 22.0. The van der Waals surface area contributed by atoms with E-state index in [-0.39, 0.29) is 23.1 Å². The zero-order valence-electron chi connectivity index (χ0n) is 17.2. The molecule has 0 fully saturated rings. The van der Waals surface area contributed by atoms with E-state index >= 15 is 0 Å². The van der Waals surface area contributed by atoms with Crippen molar-refractivity contribution >= 4 is 17.6 Å². The number of carbonyl (C=O) groups is 2. The second-order valence-electron chi connectivity index (χ2n) is 7.47. The highest BCUT2D eigenvalue weighted by Gasteiger charge is 2.21. The predicted octanol–water partition coefficient (Wildman–Crippen LogP) is 4.50. The summed E-state index contributed by atoms with van der Waals surface area (Å²) in [5.74, 6) is -1.14. The molecular formula is C23H26N2O4. The second-order valence-corrected chi connectivity index (χ2v) is 7.47. The topological polar surface area (TPSA) is 99.4 Å². The molecule has 0 radical (unpaired) electrons. The molecule has 0 aromatic heterocycles. The summed E-state index contributed by atoms with van der Waals surface area (Å²) in [6.07, 6.45) is 0.295. The van der Waals surface area contributed by atoms with E-state index < -0.39 is 18.5 Å². The van der Waals surface area contributed by atoms with Crippen LogP contribution in [0.25, 0.3) is 0 Å². The van der Waals surface area contributed by atoms with Crippen molar-refractivity contribution in [2.24, 2.45) is 0 Å². The number of hydrogen-bond acceptors (Lipinski definition) is 5. The Labute approximate surface area is 171 Å². The lowest BCUT2D eigenvalue weighted by Crippen LogP contribution is -2.21. The van der Waals surface area contributed by atoms with Crippen LogP contribution in [-0.4, -0.2) is 23.6 Å². The molecule has 0 atom stereocenters. The van der Waals surface area contributed by atoms with Crippen LogP contribution < -0.4 is 5.32 Å². The molecule has 0 bridgehead atoms. The molecule has 2 aromatic rings. The van der Waals surface area contributed by atoms with Crippen molar-refractivity contribution in [3.8, 4) is 11.8 Å². The Kier molecular flexibility index (Phi) is 7.38. The van der Waals surface area contributed by atoms with Crippen molar-refractivity contribution < 1.29 is 19.4 Å². The van der Waals surface area contributed by atoms with Gasteiger partial charge in [-0.15, -0.1) is 0 Å². The summed E-state index contributed by atoms with van der Waals surface area (Å²) in [6, 6.07) is 12.4. The SMILES string of the molecule is CC(C)c1cc(C(=O)OCC(=O)Nc2ccc(CC#N)cc2)c(O)c(C(C)C)c1. The van der Waals surface area contributed by atoms with Gasteiger partial charge in [-0.25, -0.2) is 4.79 Å². The van der Waals surface area contributed by atoms with Crippen molar-refractivity contribution in [2.75, 3.05) is 11.9 Å². The van der Waals surface area contributed by atoms with Gasteiger partial charge in [-0.2, -0.15) is 5.26 Å². The summed E-state index contributed by atoms with van der Waals surface area (Å²) < 4.78 is 5.12. The first-order chi connectivity index (χ1) is 13.7. The molecule has 6 heteroatoms. The average molecular weight is 394 g/mol. The maximum atomic E-state index is 12.5. The molecule has 0 aliphatic carbocycles. The van der Waals surface area contributed by atoms with Crippen LogP contribution in [-0.2, 0) is 16.0 Å². The largest absolute Gasteiger partial charge is 0.507 e. The Morgan fingerprint density at radius 2 is 1.76 bits per heavy atom. The summed E-state index contributed by atoms with van der Waals surface area (Å²) in [5, 5.41) is 21.8. The number of nitrogens with one attached hydrogen (secondary N) is 1. The van der Waals surface area contributed by atoms with Gasteiger partial charge in [0.2, 0.25) is 0 Å². The van der Waals surface area contributed by atoms with Crippen LogP contribution in [0.2, 0.25) is 0 Å². The number of carbonyl (C=O) groups excluding carboxylic acids is 2. The molecule has 1 amide bonds. The fourth-order valence-electron chi connectivity index (χ4n) is 2.81. The van der Waals surface area contributed by atoms with Gasteiger partial charge in [-0.3, -0.25) is 4.79 Å². The fourth-order valence-corrected chi connectivity index (χ4v) is 2.81. The molecule has 0 saturated carbocycles. The van der Waals surface area contributed by atoms with Gasteiger partial charge in [0.1, 0.15) is 11.3 Å². The minimum Gasteiger partial charge on any atom is -0.507 e. The zero-order valence-corrected chi connectivity index (χ0v) is 17.2. The van der Waals surface area contributed by atoms with E-state index in [9.17, 15) is 14.7 Å². The molecule has 0 heterocycles. The van der Waals surface area contributed by atoms with Gasteiger partial charge >= 0.3 is 5.97 Å². The van der Waals surface area contributed by atoms with Gasteiger partial charge in [0.25, 0.3) is 5.91 Å². The fraction of sp³-hybridized carbons (Fsp3) is 0.348. The van der Waals surface area contributed by atoms with Gasteiger partial charge in [0.05, 0.1) is 12.5 Å². The van der Waals surface area contributed by atoms with Crippen molar-refractivity contribution in [1.82, 2.24) is 0 Å². The van der Waals surface area contributed by atoms with Crippen molar-refractivity contribution in [1.29, 1.82) is 5.26 Å². The van der Waals surface area contributed by atoms with E-state index in [2.05, 4.69) is 11.4 Å². The molecule has 152 valence electrons. The van der Waals surface area contributed by atoms with Crippen LogP contribution in [0.15, 0.2) is 36.4 Å². The first-order valence-electron chi connectivity index (χ1n) is 9.52. The summed E-state index contributed by atoms with van der Waals surface area (Å²) in [4.78, 5) is 24.6. The number of benzene rings is 2. The van der Waals surface area contributed by atoms with Gasteiger partial charge in [0, 0.05) is 5.69 Å². The maximum Gasteiger partial charge on any atom is 0.342 e. The van der Waals surface area contributed by atoms with Gasteiger partial charge in [-0.05, 0) is 46.7 Å². The van der Waals surface area contributed by atoms with Crippen LogP contribution in [0.5, 0.6) is 5.75 Å². The first-order valence-corrected chi connectivity index (χ1v) is 9.52. The van der Waals surface area contributed by atoms with Crippen LogP contribution in [0.1, 0.15) is 66.6 Å². The number of nitrogens with zero attached hydrogens (tertiary/aromatic N) is 1. The number of hydrogen-bond donors (Lipinski definition) is 2. The van der Waals surface area contributed by atoms with Crippen LogP contribution in [0, 0.1) is 11.3 Å². The van der Waals surface area contributed by atoms with E-state index in [4.69, 9.17) is 10.00 Å². The lowest BCUT2D eigenvalue weighted by Gasteiger charge is -2.16. The lowest BCUT2D eigenvalue weighted by molar-refractivity contribution is -0.119. The number of phenols is 1. The molecular weight excluding hydrogens is 368 g/mol. The van der Waals surface area contributed by atoms with Gasteiger partial charge in [-0.1, -0.05) is 45.9 Å². The number of esters is 1. The maximum absolute atomic E-state index is 12.5. The molecule has 2 rings (SSSR count). The minimum absolute atomic E-state index is 0.0348. The summed E-state index contributed by atoms with van der Waals surface area (Å²) >= 11 is 0. The van der Waals surface area contributed by atoms with Crippen molar-refractivity contribution in [3.63, 3.8) is 0 Å². The van der Waals surface area contributed by atoms with Crippen LogP contribution >= 0.6 is 0 Å². The zero-order chi connectivity index (χ0) is 21.6. The molecule has 29 heavy (non-hydrogen) atoms. The number of amides is 1. The van der Waals surface area contributed by atoms with Crippen LogP contribution in [0.3, 0.4) is 0 Å². The second kappa shape index (κ2) is 9.74. The highest BCUT2D eigenvalue weighted by molar-refractivity contribution is 5.97. The standard InChI is InChI=1S/C23H26N2O4/c1-14(2)17-11-19(15(3)4)22(27)20(12-17)23(28)29-13-21(26)25-18-7-5-16(6-8-18)9-10-24/h5-8,11-12,14-15,27H,9,13H2,1-4H3,(H,25,26). The normalized spacial score (nSPS) is 10.7. The highest BCUT2D eigenvalue weighted by atomic mass is 16.5. The highest BCUT2D eigenvalue weighted by Crippen LogP contribution is 2.33. The average Bonchev–Trinajstić information content (AvgIpc) is 2.67. The Morgan fingerprint density at radius 1 is 1.10 bits per heavy atom.